The smallest absolute Gasteiger partial charge is 0.169 e. The fourth-order valence-electron chi connectivity index (χ4n) is 3.12. The zero-order valence-corrected chi connectivity index (χ0v) is 16.1. The van der Waals surface area contributed by atoms with E-state index in [-0.39, 0.29) is 0 Å². The van der Waals surface area contributed by atoms with E-state index in [4.69, 9.17) is 4.98 Å². The van der Waals surface area contributed by atoms with E-state index >= 15 is 0 Å². The topological polar surface area (TPSA) is 61.4 Å². The summed E-state index contributed by atoms with van der Waals surface area (Å²) in [5.41, 5.74) is 3.20. The number of pyridine rings is 1. The fourth-order valence-corrected chi connectivity index (χ4v) is 3.77. The number of aryl methyl sites for hydroxylation is 1. The second-order valence-electron chi connectivity index (χ2n) is 6.65. The quantitative estimate of drug-likeness (QED) is 0.509. The third-order valence-corrected chi connectivity index (χ3v) is 5.19. The maximum Gasteiger partial charge on any atom is 0.169 e. The van der Waals surface area contributed by atoms with Crippen LogP contribution in [0.15, 0.2) is 36.2 Å². The highest BCUT2D eigenvalue weighted by Crippen LogP contribution is 2.24. The van der Waals surface area contributed by atoms with Gasteiger partial charge in [-0.2, -0.15) is 0 Å². The Balaban J connectivity index is 1.76. The summed E-state index contributed by atoms with van der Waals surface area (Å²) in [6, 6.07) is 2.12. The molecule has 0 N–H and O–H groups in total. The van der Waals surface area contributed by atoms with Gasteiger partial charge in [-0.15, -0.1) is 11.3 Å². The number of nitrogens with zero attached hydrogens (tertiary/aromatic N) is 6. The lowest BCUT2D eigenvalue weighted by Gasteiger charge is -2.10. The maximum absolute atomic E-state index is 4.93. The average molecular weight is 366 g/mol. The molecule has 4 rings (SSSR count). The van der Waals surface area contributed by atoms with E-state index < -0.39 is 0 Å². The van der Waals surface area contributed by atoms with E-state index in [0.717, 1.165) is 46.3 Å². The second kappa shape index (κ2) is 6.99. The van der Waals surface area contributed by atoms with Gasteiger partial charge in [0.1, 0.15) is 5.82 Å². The molecule has 0 aromatic carbocycles. The van der Waals surface area contributed by atoms with Crippen LogP contribution in [0.5, 0.6) is 0 Å². The Hall–Kier alpha value is -2.54. The molecular formula is C19H22N6S. The van der Waals surface area contributed by atoms with Crippen LogP contribution in [-0.2, 0) is 13.1 Å². The zero-order valence-electron chi connectivity index (χ0n) is 15.3. The van der Waals surface area contributed by atoms with Gasteiger partial charge in [-0.05, 0) is 18.4 Å². The van der Waals surface area contributed by atoms with E-state index in [9.17, 15) is 0 Å². The van der Waals surface area contributed by atoms with Gasteiger partial charge in [0.2, 0.25) is 0 Å². The Morgan fingerprint density at radius 3 is 2.77 bits per heavy atom. The summed E-state index contributed by atoms with van der Waals surface area (Å²) in [6.45, 7) is 8.09. The standard InChI is InChI=1S/C19H22N6S/c1-4-7-25-16-11-22-14(13(2)3)10-15(16)23-17(25)12-24-8-5-20-18(24)19-21-6-9-26-19/h5-6,8-11,13H,4,7,12H2,1-3H3. The Morgan fingerprint density at radius 2 is 2.04 bits per heavy atom. The lowest BCUT2D eigenvalue weighted by molar-refractivity contribution is 0.626. The summed E-state index contributed by atoms with van der Waals surface area (Å²) < 4.78 is 4.39. The third-order valence-electron chi connectivity index (χ3n) is 4.42. The number of hydrogen-bond acceptors (Lipinski definition) is 5. The number of thiazole rings is 1. The summed E-state index contributed by atoms with van der Waals surface area (Å²) in [4.78, 5) is 18.4. The van der Waals surface area contributed by atoms with Gasteiger partial charge in [-0.25, -0.2) is 15.0 Å². The molecule has 0 saturated carbocycles. The van der Waals surface area contributed by atoms with Crippen LogP contribution in [0.4, 0.5) is 0 Å². The first-order valence-corrected chi connectivity index (χ1v) is 9.81. The van der Waals surface area contributed by atoms with Crippen molar-refractivity contribution in [2.24, 2.45) is 0 Å². The molecule has 26 heavy (non-hydrogen) atoms. The van der Waals surface area contributed by atoms with Crippen LogP contribution in [0, 0.1) is 0 Å². The molecule has 0 radical (unpaired) electrons. The summed E-state index contributed by atoms with van der Waals surface area (Å²) in [7, 11) is 0. The van der Waals surface area contributed by atoms with Crippen molar-refractivity contribution >= 4 is 22.4 Å². The number of fused-ring (bicyclic) bond motifs is 1. The molecule has 0 aliphatic carbocycles. The monoisotopic (exact) mass is 366 g/mol. The second-order valence-corrected chi connectivity index (χ2v) is 7.54. The van der Waals surface area contributed by atoms with Crippen molar-refractivity contribution in [1.82, 2.24) is 29.1 Å². The summed E-state index contributed by atoms with van der Waals surface area (Å²) in [5.74, 6) is 2.31. The molecule has 0 saturated heterocycles. The molecule has 4 aromatic heterocycles. The van der Waals surface area contributed by atoms with Crippen molar-refractivity contribution in [2.45, 2.75) is 46.2 Å². The van der Waals surface area contributed by atoms with Gasteiger partial charge in [-0.1, -0.05) is 20.8 Å². The van der Waals surface area contributed by atoms with Crippen molar-refractivity contribution in [1.29, 1.82) is 0 Å². The largest absolute Gasteiger partial charge is 0.325 e. The van der Waals surface area contributed by atoms with Crippen LogP contribution in [0.25, 0.3) is 21.9 Å². The van der Waals surface area contributed by atoms with E-state index in [2.05, 4.69) is 50.9 Å². The summed E-state index contributed by atoms with van der Waals surface area (Å²) >= 11 is 1.60. The SMILES string of the molecule is CCCn1c(Cn2ccnc2-c2nccs2)nc2cc(C(C)C)ncc21. The van der Waals surface area contributed by atoms with Crippen LogP contribution in [-0.4, -0.2) is 29.1 Å². The average Bonchev–Trinajstić information content (AvgIpc) is 3.35. The summed E-state index contributed by atoms with van der Waals surface area (Å²) in [5, 5.41) is 2.90. The lowest BCUT2D eigenvalue weighted by Crippen LogP contribution is -2.09. The van der Waals surface area contributed by atoms with Gasteiger partial charge in [0, 0.05) is 36.2 Å². The molecule has 7 heteroatoms. The Kier molecular flexibility index (Phi) is 4.55. The number of rotatable bonds is 6. The molecule has 134 valence electrons. The van der Waals surface area contributed by atoms with E-state index in [1.165, 1.54) is 0 Å². The van der Waals surface area contributed by atoms with Crippen molar-refractivity contribution in [3.63, 3.8) is 0 Å². The molecule has 0 amide bonds. The van der Waals surface area contributed by atoms with Gasteiger partial charge in [-0.3, -0.25) is 4.98 Å². The van der Waals surface area contributed by atoms with Gasteiger partial charge >= 0.3 is 0 Å². The van der Waals surface area contributed by atoms with Crippen LogP contribution in [0.3, 0.4) is 0 Å². The van der Waals surface area contributed by atoms with Crippen molar-refractivity contribution < 1.29 is 0 Å². The highest BCUT2D eigenvalue weighted by molar-refractivity contribution is 7.13. The lowest BCUT2D eigenvalue weighted by atomic mass is 10.1. The van der Waals surface area contributed by atoms with Gasteiger partial charge in [0.05, 0.1) is 23.8 Å². The van der Waals surface area contributed by atoms with Crippen molar-refractivity contribution in [3.8, 4) is 10.8 Å². The molecule has 0 aliphatic heterocycles. The number of aromatic nitrogens is 6. The molecule has 0 aliphatic rings. The molecule has 6 nitrogen and oxygen atoms in total. The maximum atomic E-state index is 4.93. The van der Waals surface area contributed by atoms with Gasteiger partial charge in [0.25, 0.3) is 0 Å². The highest BCUT2D eigenvalue weighted by Gasteiger charge is 2.15. The molecule has 4 aromatic rings. The fraction of sp³-hybridized carbons (Fsp3) is 0.368. The first kappa shape index (κ1) is 16.9. The van der Waals surface area contributed by atoms with Gasteiger partial charge in [0.15, 0.2) is 10.8 Å². The Bertz CT molecular complexity index is 1010. The van der Waals surface area contributed by atoms with E-state index in [0.29, 0.717) is 12.5 Å². The van der Waals surface area contributed by atoms with Crippen LogP contribution in [0.1, 0.15) is 44.6 Å². The minimum atomic E-state index is 0.393. The normalized spacial score (nSPS) is 11.7. The van der Waals surface area contributed by atoms with Crippen LogP contribution < -0.4 is 0 Å². The number of hydrogen-bond donors (Lipinski definition) is 0. The third kappa shape index (κ3) is 3.03. The predicted octanol–water partition coefficient (Wildman–Crippen LogP) is 4.33. The van der Waals surface area contributed by atoms with E-state index in [1.54, 1.807) is 11.3 Å². The minimum absolute atomic E-state index is 0.393. The first-order valence-electron chi connectivity index (χ1n) is 8.93. The molecule has 0 spiro atoms. The van der Waals surface area contributed by atoms with Crippen LogP contribution >= 0.6 is 11.3 Å². The molecule has 0 unspecified atom stereocenters. The minimum Gasteiger partial charge on any atom is -0.325 e. The van der Waals surface area contributed by atoms with Crippen LogP contribution in [0.2, 0.25) is 0 Å². The molecule has 0 atom stereocenters. The molecule has 4 heterocycles. The Morgan fingerprint density at radius 1 is 1.15 bits per heavy atom. The molecular weight excluding hydrogens is 344 g/mol. The van der Waals surface area contributed by atoms with E-state index in [1.807, 2.05) is 30.2 Å². The first-order chi connectivity index (χ1) is 12.7. The highest BCUT2D eigenvalue weighted by atomic mass is 32.1. The van der Waals surface area contributed by atoms with Crippen molar-refractivity contribution in [3.05, 3.63) is 47.8 Å². The molecule has 0 bridgehead atoms. The number of imidazole rings is 2. The van der Waals surface area contributed by atoms with Crippen molar-refractivity contribution in [2.75, 3.05) is 0 Å². The molecule has 0 fully saturated rings. The summed E-state index contributed by atoms with van der Waals surface area (Å²) in [6.07, 6.45) is 8.64. The predicted molar refractivity (Wildman–Crippen MR) is 104 cm³/mol. The zero-order chi connectivity index (χ0) is 18.1. The van der Waals surface area contributed by atoms with Gasteiger partial charge < -0.3 is 9.13 Å². The Labute approximate surface area is 156 Å².